The number of hydrogen-bond acceptors (Lipinski definition) is 6. The third-order valence-corrected chi connectivity index (χ3v) is 2.66. The van der Waals surface area contributed by atoms with Crippen LogP contribution < -0.4 is 16.4 Å². The van der Waals surface area contributed by atoms with Crippen LogP contribution in [-0.4, -0.2) is 16.5 Å². The Labute approximate surface area is 121 Å². The molecule has 2 aromatic rings. The Morgan fingerprint density at radius 1 is 1.29 bits per heavy atom. The van der Waals surface area contributed by atoms with Crippen LogP contribution in [0.1, 0.15) is 18.9 Å². The number of aromatic nitrogens is 2. The fourth-order valence-corrected chi connectivity index (χ4v) is 1.71. The molecule has 2 rings (SSSR count). The average molecular weight is 286 g/mol. The Bertz CT molecular complexity index is 680. The monoisotopic (exact) mass is 286 g/mol. The predicted molar refractivity (Wildman–Crippen MR) is 79.6 cm³/mol. The number of nitrogens with zero attached hydrogens (tertiary/aromatic N) is 3. The van der Waals surface area contributed by atoms with E-state index in [4.69, 9.17) is 11.0 Å². The van der Waals surface area contributed by atoms with E-state index in [0.29, 0.717) is 17.3 Å². The molecule has 21 heavy (non-hydrogen) atoms. The van der Waals surface area contributed by atoms with E-state index in [1.54, 1.807) is 12.1 Å². The number of rotatable bonds is 5. The summed E-state index contributed by atoms with van der Waals surface area (Å²) in [6, 6.07) is 7.64. The smallest absolute Gasteiger partial charge is 0.223 e. The molecule has 0 unspecified atom stereocenters. The highest BCUT2D eigenvalue weighted by molar-refractivity contribution is 5.62. The van der Waals surface area contributed by atoms with Gasteiger partial charge < -0.3 is 16.4 Å². The molecule has 6 nitrogen and oxygen atoms in total. The topological polar surface area (TPSA) is 99.6 Å². The second-order valence-electron chi connectivity index (χ2n) is 4.35. The van der Waals surface area contributed by atoms with Gasteiger partial charge in [0.25, 0.3) is 0 Å². The first kappa shape index (κ1) is 14.5. The molecular formula is C14H15FN6. The Kier molecular flexibility index (Phi) is 4.51. The molecular weight excluding hydrogens is 271 g/mol. The second-order valence-corrected chi connectivity index (χ2v) is 4.35. The first-order chi connectivity index (χ1) is 10.1. The van der Waals surface area contributed by atoms with Crippen molar-refractivity contribution >= 4 is 23.3 Å². The largest absolute Gasteiger partial charge is 0.370 e. The molecule has 0 saturated heterocycles. The summed E-state index contributed by atoms with van der Waals surface area (Å²) in [5, 5.41) is 14.9. The number of nitrogens with one attached hydrogen (secondary N) is 2. The maximum Gasteiger partial charge on any atom is 0.223 e. The summed E-state index contributed by atoms with van der Waals surface area (Å²) in [5.41, 5.74) is 6.16. The lowest BCUT2D eigenvalue weighted by Gasteiger charge is -2.09. The number of halogens is 1. The highest BCUT2D eigenvalue weighted by atomic mass is 19.1. The molecule has 1 aromatic heterocycles. The van der Waals surface area contributed by atoms with Gasteiger partial charge in [0, 0.05) is 18.3 Å². The van der Waals surface area contributed by atoms with Gasteiger partial charge in [0.1, 0.15) is 23.5 Å². The van der Waals surface area contributed by atoms with E-state index >= 15 is 0 Å². The van der Waals surface area contributed by atoms with Crippen LogP contribution >= 0.6 is 0 Å². The summed E-state index contributed by atoms with van der Waals surface area (Å²) in [6.45, 7) is 2.81. The van der Waals surface area contributed by atoms with Gasteiger partial charge in [-0.25, -0.2) is 4.39 Å². The van der Waals surface area contributed by atoms with Crippen LogP contribution in [0.4, 0.5) is 27.7 Å². The zero-order valence-corrected chi connectivity index (χ0v) is 11.5. The van der Waals surface area contributed by atoms with Gasteiger partial charge in [-0.2, -0.15) is 15.2 Å². The minimum absolute atomic E-state index is 0.0358. The standard InChI is InChI=1S/C14H15FN6/c1-2-5-18-12-7-13(21-14(17)20-12)19-10-3-4-11(15)9(6-10)8-16/h3-4,6-7H,2,5H2,1H3,(H4,17,18,19,20,21). The zero-order chi connectivity index (χ0) is 15.2. The Hall–Kier alpha value is -2.88. The summed E-state index contributed by atoms with van der Waals surface area (Å²) >= 11 is 0. The summed E-state index contributed by atoms with van der Waals surface area (Å²) in [4.78, 5) is 8.12. The maximum atomic E-state index is 13.3. The van der Waals surface area contributed by atoms with Crippen molar-refractivity contribution in [1.82, 2.24) is 9.97 Å². The van der Waals surface area contributed by atoms with Crippen molar-refractivity contribution < 1.29 is 4.39 Å². The molecule has 0 aliphatic carbocycles. The van der Waals surface area contributed by atoms with E-state index in [0.717, 1.165) is 13.0 Å². The van der Waals surface area contributed by atoms with E-state index < -0.39 is 5.82 Å². The van der Waals surface area contributed by atoms with E-state index in [2.05, 4.69) is 20.6 Å². The minimum atomic E-state index is -0.560. The van der Waals surface area contributed by atoms with Crippen molar-refractivity contribution in [2.45, 2.75) is 13.3 Å². The molecule has 108 valence electrons. The minimum Gasteiger partial charge on any atom is -0.370 e. The van der Waals surface area contributed by atoms with Crippen LogP contribution in [0, 0.1) is 17.1 Å². The van der Waals surface area contributed by atoms with Gasteiger partial charge >= 0.3 is 0 Å². The van der Waals surface area contributed by atoms with E-state index in [9.17, 15) is 4.39 Å². The number of anilines is 4. The van der Waals surface area contributed by atoms with Crippen LogP contribution in [0.5, 0.6) is 0 Å². The number of nitrogens with two attached hydrogens (primary N) is 1. The molecule has 0 fully saturated rings. The van der Waals surface area contributed by atoms with Gasteiger partial charge in [-0.05, 0) is 24.6 Å². The fraction of sp³-hybridized carbons (Fsp3) is 0.214. The van der Waals surface area contributed by atoms with Gasteiger partial charge in [0.15, 0.2) is 0 Å². The molecule has 0 atom stereocenters. The summed E-state index contributed by atoms with van der Waals surface area (Å²) in [5.74, 6) is 0.642. The maximum absolute atomic E-state index is 13.3. The molecule has 0 aliphatic heterocycles. The predicted octanol–water partition coefficient (Wildman–Crippen LogP) is 2.64. The van der Waals surface area contributed by atoms with E-state index in [-0.39, 0.29) is 11.5 Å². The lowest BCUT2D eigenvalue weighted by atomic mass is 10.2. The SMILES string of the molecule is CCCNc1cc(Nc2ccc(F)c(C#N)c2)nc(N)n1. The van der Waals surface area contributed by atoms with Crippen molar-refractivity contribution in [3.8, 4) is 6.07 Å². The van der Waals surface area contributed by atoms with Crippen LogP contribution in [-0.2, 0) is 0 Å². The van der Waals surface area contributed by atoms with Crippen molar-refractivity contribution in [2.75, 3.05) is 22.9 Å². The molecule has 0 bridgehead atoms. The Morgan fingerprint density at radius 2 is 2.05 bits per heavy atom. The first-order valence-electron chi connectivity index (χ1n) is 6.47. The third-order valence-electron chi connectivity index (χ3n) is 2.66. The van der Waals surface area contributed by atoms with Gasteiger partial charge in [-0.3, -0.25) is 0 Å². The molecule has 4 N–H and O–H groups in total. The van der Waals surface area contributed by atoms with Crippen molar-refractivity contribution in [1.29, 1.82) is 5.26 Å². The molecule has 1 aromatic carbocycles. The molecule has 7 heteroatoms. The van der Waals surface area contributed by atoms with Crippen LogP contribution in [0.3, 0.4) is 0 Å². The molecule has 0 saturated carbocycles. The van der Waals surface area contributed by atoms with E-state index in [1.165, 1.54) is 18.2 Å². The Morgan fingerprint density at radius 3 is 2.76 bits per heavy atom. The highest BCUT2D eigenvalue weighted by Crippen LogP contribution is 2.20. The van der Waals surface area contributed by atoms with Gasteiger partial charge in [-0.15, -0.1) is 0 Å². The van der Waals surface area contributed by atoms with Gasteiger partial charge in [0.05, 0.1) is 5.56 Å². The molecule has 0 spiro atoms. The quantitative estimate of drug-likeness (QED) is 0.781. The summed E-state index contributed by atoms with van der Waals surface area (Å²) in [6.07, 6.45) is 0.955. The highest BCUT2D eigenvalue weighted by Gasteiger charge is 2.06. The fourth-order valence-electron chi connectivity index (χ4n) is 1.71. The molecule has 0 aliphatic rings. The summed E-state index contributed by atoms with van der Waals surface area (Å²) in [7, 11) is 0. The molecule has 0 amide bonds. The molecule has 1 heterocycles. The van der Waals surface area contributed by atoms with Gasteiger partial charge in [-0.1, -0.05) is 6.92 Å². The lowest BCUT2D eigenvalue weighted by Crippen LogP contribution is -2.07. The number of benzene rings is 1. The van der Waals surface area contributed by atoms with Crippen molar-refractivity contribution in [3.05, 3.63) is 35.6 Å². The number of nitriles is 1. The third kappa shape index (κ3) is 3.79. The van der Waals surface area contributed by atoms with Gasteiger partial charge in [0.2, 0.25) is 5.95 Å². The second kappa shape index (κ2) is 6.52. The number of hydrogen-bond donors (Lipinski definition) is 3. The average Bonchev–Trinajstić information content (AvgIpc) is 2.46. The van der Waals surface area contributed by atoms with Crippen LogP contribution in [0.25, 0.3) is 0 Å². The Balaban J connectivity index is 2.23. The van der Waals surface area contributed by atoms with Crippen molar-refractivity contribution in [2.24, 2.45) is 0 Å². The molecule has 0 radical (unpaired) electrons. The first-order valence-corrected chi connectivity index (χ1v) is 6.47. The van der Waals surface area contributed by atoms with E-state index in [1.807, 2.05) is 6.92 Å². The van der Waals surface area contributed by atoms with Crippen molar-refractivity contribution in [3.63, 3.8) is 0 Å². The summed E-state index contributed by atoms with van der Waals surface area (Å²) < 4.78 is 13.3. The number of nitrogen functional groups attached to an aromatic ring is 1. The van der Waals surface area contributed by atoms with Crippen LogP contribution in [0.2, 0.25) is 0 Å². The zero-order valence-electron chi connectivity index (χ0n) is 11.5. The lowest BCUT2D eigenvalue weighted by molar-refractivity contribution is 0.624. The normalized spacial score (nSPS) is 9.95. The van der Waals surface area contributed by atoms with Crippen LogP contribution in [0.15, 0.2) is 24.3 Å².